The Morgan fingerprint density at radius 2 is 1.66 bits per heavy atom. The smallest absolute Gasteiger partial charge is 0.239 e. The van der Waals surface area contributed by atoms with E-state index in [2.05, 4.69) is 5.10 Å². The second kappa shape index (κ2) is 10.8. The number of rotatable bonds is 8. The molecule has 1 fully saturated rings. The van der Waals surface area contributed by atoms with Crippen molar-refractivity contribution >= 4 is 0 Å². The van der Waals surface area contributed by atoms with Crippen molar-refractivity contribution in [3.05, 3.63) is 71.4 Å². The third-order valence-corrected chi connectivity index (χ3v) is 5.96. The number of hydrogen-bond acceptors (Lipinski definition) is 8. The van der Waals surface area contributed by atoms with E-state index in [0.717, 1.165) is 28.3 Å². The van der Waals surface area contributed by atoms with Crippen LogP contribution in [0.4, 0.5) is 0 Å². The van der Waals surface area contributed by atoms with Gasteiger partial charge < -0.3 is 34.6 Å². The number of benzene rings is 2. The second-order valence-corrected chi connectivity index (χ2v) is 8.92. The molecule has 1 aromatic heterocycles. The van der Waals surface area contributed by atoms with Crippen molar-refractivity contribution in [3.8, 4) is 17.3 Å². The molecule has 2 heterocycles. The number of aromatic nitrogens is 2. The van der Waals surface area contributed by atoms with E-state index in [4.69, 9.17) is 14.2 Å². The first-order valence-corrected chi connectivity index (χ1v) is 11.6. The Labute approximate surface area is 204 Å². The molecule has 1 aliphatic rings. The highest BCUT2D eigenvalue weighted by molar-refractivity contribution is 5.43. The van der Waals surface area contributed by atoms with E-state index >= 15 is 0 Å². The molecule has 0 radical (unpaired) electrons. The average Bonchev–Trinajstić information content (AvgIpc) is 3.15. The quantitative estimate of drug-likeness (QED) is 0.381. The van der Waals surface area contributed by atoms with E-state index in [9.17, 15) is 20.4 Å². The van der Waals surface area contributed by atoms with Crippen LogP contribution in [0, 0.1) is 6.92 Å². The average molecular weight is 485 g/mol. The van der Waals surface area contributed by atoms with Gasteiger partial charge in [-0.3, -0.25) is 0 Å². The lowest BCUT2D eigenvalue weighted by atomic mass is 9.99. The molecule has 2 aromatic carbocycles. The monoisotopic (exact) mass is 484 g/mol. The Morgan fingerprint density at radius 3 is 2.29 bits per heavy atom. The summed E-state index contributed by atoms with van der Waals surface area (Å²) in [7, 11) is 0. The fourth-order valence-electron chi connectivity index (χ4n) is 4.06. The molecule has 9 nitrogen and oxygen atoms in total. The van der Waals surface area contributed by atoms with Gasteiger partial charge in [-0.05, 0) is 50.6 Å². The molecule has 4 N–H and O–H groups in total. The van der Waals surface area contributed by atoms with Crippen LogP contribution >= 0.6 is 0 Å². The van der Waals surface area contributed by atoms with Gasteiger partial charge in [0, 0.05) is 17.7 Å². The van der Waals surface area contributed by atoms with Crippen LogP contribution in [0.15, 0.2) is 54.6 Å². The molecule has 1 unspecified atom stereocenters. The zero-order valence-electron chi connectivity index (χ0n) is 20.0. The number of aliphatic hydroxyl groups is 4. The first-order chi connectivity index (χ1) is 16.8. The van der Waals surface area contributed by atoms with Crippen LogP contribution < -0.4 is 9.47 Å². The fourth-order valence-corrected chi connectivity index (χ4v) is 4.06. The molecule has 0 aliphatic carbocycles. The lowest BCUT2D eigenvalue weighted by Gasteiger charge is -2.39. The van der Waals surface area contributed by atoms with Crippen LogP contribution in [-0.2, 0) is 11.2 Å². The highest BCUT2D eigenvalue weighted by Gasteiger charge is 2.45. The van der Waals surface area contributed by atoms with Gasteiger partial charge >= 0.3 is 0 Å². The minimum Gasteiger partial charge on any atom is -0.491 e. The third-order valence-electron chi connectivity index (χ3n) is 5.96. The van der Waals surface area contributed by atoms with E-state index in [1.807, 2.05) is 75.4 Å². The molecule has 1 saturated heterocycles. The third kappa shape index (κ3) is 5.50. The lowest BCUT2D eigenvalue weighted by Crippen LogP contribution is -2.60. The number of hydrogen-bond donors (Lipinski definition) is 4. The van der Waals surface area contributed by atoms with Gasteiger partial charge in [0.2, 0.25) is 12.2 Å². The van der Waals surface area contributed by atoms with Crippen molar-refractivity contribution < 1.29 is 34.6 Å². The zero-order chi connectivity index (χ0) is 25.1. The van der Waals surface area contributed by atoms with Gasteiger partial charge in [0.25, 0.3) is 0 Å². The molecular weight excluding hydrogens is 452 g/mol. The Bertz CT molecular complexity index is 1100. The largest absolute Gasteiger partial charge is 0.491 e. The number of nitrogens with zero attached hydrogens (tertiary/aromatic N) is 2. The van der Waals surface area contributed by atoms with Crippen molar-refractivity contribution in [2.45, 2.75) is 64.0 Å². The van der Waals surface area contributed by atoms with Gasteiger partial charge in [-0.15, -0.1) is 5.10 Å². The van der Waals surface area contributed by atoms with E-state index < -0.39 is 37.3 Å². The molecule has 1 aliphatic heterocycles. The Morgan fingerprint density at radius 1 is 0.971 bits per heavy atom. The summed E-state index contributed by atoms with van der Waals surface area (Å²) in [6.07, 6.45) is -6.39. The van der Waals surface area contributed by atoms with Crippen molar-refractivity contribution in [1.82, 2.24) is 9.78 Å². The van der Waals surface area contributed by atoms with Crippen LogP contribution in [0.25, 0.3) is 5.69 Å². The maximum absolute atomic E-state index is 10.5. The summed E-state index contributed by atoms with van der Waals surface area (Å²) in [6, 6.07) is 17.3. The number of para-hydroxylation sites is 1. The highest BCUT2D eigenvalue weighted by atomic mass is 16.7. The molecule has 3 aromatic rings. The standard InChI is InChI=1S/C26H32N2O7/c1-15(2)33-19-11-9-17(10-12-19)13-20-16(3)28(18-7-5-4-6-8-18)27-25(20)35-26-24(32)23(31)22(30)21(14-29)34-26/h4-12,15,21-24,26,29-32H,13-14H2,1-3H3/t21-,22-,23+,24-,26?/m1/s1. The summed E-state index contributed by atoms with van der Waals surface area (Å²) < 4.78 is 19.0. The molecule has 0 spiro atoms. The Kier molecular flexibility index (Phi) is 7.73. The van der Waals surface area contributed by atoms with E-state index in [1.54, 1.807) is 4.68 Å². The predicted molar refractivity (Wildman–Crippen MR) is 128 cm³/mol. The minimum absolute atomic E-state index is 0.0748. The summed E-state index contributed by atoms with van der Waals surface area (Å²) >= 11 is 0. The van der Waals surface area contributed by atoms with E-state index in [1.165, 1.54) is 0 Å². The predicted octanol–water partition coefficient (Wildman–Crippen LogP) is 1.74. The molecular formula is C26H32N2O7. The molecule has 5 atom stereocenters. The summed E-state index contributed by atoms with van der Waals surface area (Å²) in [4.78, 5) is 0. The van der Waals surface area contributed by atoms with Crippen molar-refractivity contribution in [3.63, 3.8) is 0 Å². The van der Waals surface area contributed by atoms with Gasteiger partial charge in [0.05, 0.1) is 18.4 Å². The normalized spacial score (nSPS) is 24.5. The van der Waals surface area contributed by atoms with E-state index in [-0.39, 0.29) is 12.0 Å². The summed E-state index contributed by atoms with van der Waals surface area (Å²) in [5.74, 6) is 0.997. The lowest BCUT2D eigenvalue weighted by molar-refractivity contribution is -0.278. The molecule has 0 saturated carbocycles. The maximum atomic E-state index is 10.5. The second-order valence-electron chi connectivity index (χ2n) is 8.92. The van der Waals surface area contributed by atoms with Crippen LogP contribution in [-0.4, -0.2) is 73.6 Å². The fraction of sp³-hybridized carbons (Fsp3) is 0.423. The Hall–Kier alpha value is -2.95. The molecule has 188 valence electrons. The first kappa shape index (κ1) is 25.2. The summed E-state index contributed by atoms with van der Waals surface area (Å²) in [5, 5.41) is 44.9. The van der Waals surface area contributed by atoms with Gasteiger partial charge in [0.15, 0.2) is 0 Å². The van der Waals surface area contributed by atoms with Crippen molar-refractivity contribution in [2.75, 3.05) is 6.61 Å². The minimum atomic E-state index is -1.54. The topological polar surface area (TPSA) is 126 Å². The van der Waals surface area contributed by atoms with Crippen molar-refractivity contribution in [1.29, 1.82) is 0 Å². The SMILES string of the molecule is Cc1c(Cc2ccc(OC(C)C)cc2)c(OC2O[C@H](CO)[C@@H](O)[C@H](O)[C@H]2O)nn1-c1ccccc1. The summed E-state index contributed by atoms with van der Waals surface area (Å²) in [6.45, 7) is 5.32. The first-order valence-electron chi connectivity index (χ1n) is 11.6. The van der Waals surface area contributed by atoms with Gasteiger partial charge in [0.1, 0.15) is 30.2 Å². The van der Waals surface area contributed by atoms with Gasteiger partial charge in [-0.2, -0.15) is 0 Å². The molecule has 4 rings (SSSR count). The molecule has 9 heteroatoms. The number of aliphatic hydroxyl groups excluding tert-OH is 4. The Balaban J connectivity index is 1.66. The zero-order valence-corrected chi connectivity index (χ0v) is 20.0. The van der Waals surface area contributed by atoms with Crippen LogP contribution in [0.1, 0.15) is 30.7 Å². The van der Waals surface area contributed by atoms with Crippen LogP contribution in [0.5, 0.6) is 11.6 Å². The van der Waals surface area contributed by atoms with Crippen LogP contribution in [0.3, 0.4) is 0 Å². The summed E-state index contributed by atoms with van der Waals surface area (Å²) in [5.41, 5.74) is 3.42. The van der Waals surface area contributed by atoms with Gasteiger partial charge in [-0.1, -0.05) is 30.3 Å². The number of ether oxygens (including phenoxy) is 3. The molecule has 0 amide bonds. The molecule has 35 heavy (non-hydrogen) atoms. The van der Waals surface area contributed by atoms with Gasteiger partial charge in [-0.25, -0.2) is 4.68 Å². The maximum Gasteiger partial charge on any atom is 0.239 e. The molecule has 0 bridgehead atoms. The van der Waals surface area contributed by atoms with E-state index in [0.29, 0.717) is 6.42 Å². The highest BCUT2D eigenvalue weighted by Crippen LogP contribution is 2.31. The van der Waals surface area contributed by atoms with Crippen LogP contribution in [0.2, 0.25) is 0 Å². The van der Waals surface area contributed by atoms with Crippen molar-refractivity contribution in [2.24, 2.45) is 0 Å².